The molecule has 0 atom stereocenters. The molecule has 30 heavy (non-hydrogen) atoms. The Kier molecular flexibility index (Phi) is 4.52. The maximum Gasteiger partial charge on any atom is 0.254 e. The van der Waals surface area contributed by atoms with Crippen LogP contribution in [0.1, 0.15) is 20.8 Å². The van der Waals surface area contributed by atoms with Crippen molar-refractivity contribution in [1.29, 1.82) is 0 Å². The van der Waals surface area contributed by atoms with Gasteiger partial charge in [0.1, 0.15) is 11.2 Å². The van der Waals surface area contributed by atoms with Gasteiger partial charge in [-0.05, 0) is 35.5 Å². The second-order valence-corrected chi connectivity index (χ2v) is 6.70. The normalized spacial score (nSPS) is 14.2. The van der Waals surface area contributed by atoms with E-state index in [0.29, 0.717) is 66.0 Å². The Morgan fingerprint density at radius 2 is 2.00 bits per heavy atom. The first-order chi connectivity index (χ1) is 14.7. The van der Waals surface area contributed by atoms with Crippen LogP contribution in [0.15, 0.2) is 42.6 Å². The third-order valence-corrected chi connectivity index (χ3v) is 4.82. The van der Waals surface area contributed by atoms with Gasteiger partial charge in [-0.15, -0.1) is 5.10 Å². The van der Waals surface area contributed by atoms with E-state index in [1.165, 1.54) is 10.9 Å². The summed E-state index contributed by atoms with van der Waals surface area (Å²) in [5.74, 6) is 0.217. The summed E-state index contributed by atoms with van der Waals surface area (Å²) in [5, 5.41) is 8.55. The van der Waals surface area contributed by atoms with Gasteiger partial charge < -0.3 is 14.5 Å². The molecule has 3 aromatic heterocycles. The van der Waals surface area contributed by atoms with E-state index in [0.717, 1.165) is 0 Å². The van der Waals surface area contributed by atoms with Gasteiger partial charge in [0.15, 0.2) is 12.0 Å². The Morgan fingerprint density at radius 1 is 1.13 bits per heavy atom. The summed E-state index contributed by atoms with van der Waals surface area (Å²) >= 11 is 0. The lowest BCUT2D eigenvalue weighted by Crippen LogP contribution is -2.40. The second-order valence-electron chi connectivity index (χ2n) is 6.70. The molecule has 1 aliphatic heterocycles. The molecule has 0 radical (unpaired) electrons. The van der Waals surface area contributed by atoms with Crippen LogP contribution in [0.3, 0.4) is 0 Å². The lowest BCUT2D eigenvalue weighted by atomic mass is 10.1. The molecule has 1 amide bonds. The maximum absolute atomic E-state index is 12.9. The van der Waals surface area contributed by atoms with Crippen molar-refractivity contribution in [3.05, 3.63) is 53.9 Å². The first-order valence-corrected chi connectivity index (χ1v) is 9.35. The lowest BCUT2D eigenvalue weighted by Gasteiger charge is -2.27. The molecule has 0 aliphatic carbocycles. The predicted molar refractivity (Wildman–Crippen MR) is 105 cm³/mol. The zero-order chi connectivity index (χ0) is 20.5. The van der Waals surface area contributed by atoms with Crippen LogP contribution < -0.4 is 4.84 Å². The van der Waals surface area contributed by atoms with Crippen molar-refractivity contribution in [3.63, 3.8) is 0 Å². The fraction of sp³-hybridized carbons (Fsp3) is 0.200. The average molecular weight is 404 g/mol. The first-order valence-electron chi connectivity index (χ1n) is 9.35. The summed E-state index contributed by atoms with van der Waals surface area (Å²) in [6, 6.07) is 10.1. The van der Waals surface area contributed by atoms with Crippen LogP contribution in [0.2, 0.25) is 0 Å². The SMILES string of the molecule is O=Cc1cc(On2nnc3cccnc32)c2cc(C(=O)N3CCOCC3)ccc2n1. The summed E-state index contributed by atoms with van der Waals surface area (Å²) in [6.45, 7) is 2.12. The zero-order valence-corrected chi connectivity index (χ0v) is 15.8. The Hall–Kier alpha value is -3.92. The van der Waals surface area contributed by atoms with Gasteiger partial charge in [0, 0.05) is 36.3 Å². The number of carbonyl (C=O) groups excluding carboxylic acids is 2. The number of carbonyl (C=O) groups is 2. The molecule has 0 spiro atoms. The molecular formula is C20H16N6O4. The fourth-order valence-corrected chi connectivity index (χ4v) is 3.33. The van der Waals surface area contributed by atoms with Crippen LogP contribution in [0, 0.1) is 0 Å². The van der Waals surface area contributed by atoms with Gasteiger partial charge in [0.05, 0.1) is 18.7 Å². The summed E-state index contributed by atoms with van der Waals surface area (Å²) in [5.41, 5.74) is 2.20. The molecule has 0 unspecified atom stereocenters. The minimum absolute atomic E-state index is 0.0986. The van der Waals surface area contributed by atoms with Crippen LogP contribution in [0.4, 0.5) is 0 Å². The number of nitrogens with zero attached hydrogens (tertiary/aromatic N) is 6. The standard InChI is InChI=1S/C20H16N6O4/c27-12-14-11-18(30-26-19-17(23-24-26)2-1-5-21-19)15-10-13(3-4-16(15)22-14)20(28)25-6-8-29-9-7-25/h1-5,10-12H,6-9H2. The predicted octanol–water partition coefficient (Wildman–Crippen LogP) is 1.50. The number of aldehydes is 1. The largest absolute Gasteiger partial charge is 0.378 e. The minimum atomic E-state index is -0.0986. The van der Waals surface area contributed by atoms with Crippen molar-refractivity contribution in [1.82, 2.24) is 30.0 Å². The summed E-state index contributed by atoms with van der Waals surface area (Å²) in [7, 11) is 0. The van der Waals surface area contributed by atoms with Crippen molar-refractivity contribution in [2.45, 2.75) is 0 Å². The van der Waals surface area contributed by atoms with Gasteiger partial charge in [0.2, 0.25) is 5.65 Å². The number of morpholine rings is 1. The van der Waals surface area contributed by atoms with Crippen LogP contribution in [0.5, 0.6) is 5.75 Å². The third-order valence-electron chi connectivity index (χ3n) is 4.82. The van der Waals surface area contributed by atoms with E-state index in [-0.39, 0.29) is 11.6 Å². The highest BCUT2D eigenvalue weighted by molar-refractivity contribution is 6.00. The van der Waals surface area contributed by atoms with E-state index < -0.39 is 0 Å². The van der Waals surface area contributed by atoms with Crippen molar-refractivity contribution in [2.24, 2.45) is 0 Å². The number of fused-ring (bicyclic) bond motifs is 2. The Labute approximate surface area is 170 Å². The molecule has 1 aromatic carbocycles. The molecule has 10 heteroatoms. The van der Waals surface area contributed by atoms with Gasteiger partial charge in [-0.1, -0.05) is 4.85 Å². The first kappa shape index (κ1) is 18.1. The maximum atomic E-state index is 12.9. The lowest BCUT2D eigenvalue weighted by molar-refractivity contribution is 0.0303. The highest BCUT2D eigenvalue weighted by Crippen LogP contribution is 2.28. The zero-order valence-electron chi connectivity index (χ0n) is 15.8. The fourth-order valence-electron chi connectivity index (χ4n) is 3.33. The van der Waals surface area contributed by atoms with Crippen molar-refractivity contribution < 1.29 is 19.2 Å². The van der Waals surface area contributed by atoms with Crippen LogP contribution in [-0.2, 0) is 4.74 Å². The molecule has 1 fully saturated rings. The van der Waals surface area contributed by atoms with E-state index in [9.17, 15) is 9.59 Å². The van der Waals surface area contributed by atoms with E-state index >= 15 is 0 Å². The molecule has 0 bridgehead atoms. The molecular weight excluding hydrogens is 388 g/mol. The Balaban J connectivity index is 1.58. The second kappa shape index (κ2) is 7.48. The summed E-state index contributed by atoms with van der Waals surface area (Å²) < 4.78 is 5.32. The number of aromatic nitrogens is 5. The average Bonchev–Trinajstić information content (AvgIpc) is 3.21. The van der Waals surface area contributed by atoms with E-state index in [2.05, 4.69) is 20.3 Å². The molecule has 4 aromatic rings. The number of hydrogen-bond acceptors (Lipinski definition) is 8. The number of pyridine rings is 2. The van der Waals surface area contributed by atoms with E-state index in [4.69, 9.17) is 9.57 Å². The Morgan fingerprint density at radius 3 is 2.83 bits per heavy atom. The Bertz CT molecular complexity index is 1260. The van der Waals surface area contributed by atoms with Gasteiger partial charge in [-0.3, -0.25) is 9.59 Å². The molecule has 1 aliphatic rings. The minimum Gasteiger partial charge on any atom is -0.378 e. The third kappa shape index (κ3) is 3.22. The number of amides is 1. The van der Waals surface area contributed by atoms with Gasteiger partial charge in [0.25, 0.3) is 5.91 Å². The molecule has 1 saturated heterocycles. The highest BCUT2D eigenvalue weighted by Gasteiger charge is 2.20. The van der Waals surface area contributed by atoms with Crippen LogP contribution in [0.25, 0.3) is 22.1 Å². The van der Waals surface area contributed by atoms with E-state index in [1.807, 2.05) is 0 Å². The van der Waals surface area contributed by atoms with Crippen LogP contribution >= 0.6 is 0 Å². The number of ether oxygens (including phenoxy) is 1. The van der Waals surface area contributed by atoms with Crippen molar-refractivity contribution >= 4 is 34.3 Å². The number of benzene rings is 1. The quantitative estimate of drug-likeness (QED) is 0.471. The highest BCUT2D eigenvalue weighted by atomic mass is 16.7. The topological polar surface area (TPSA) is 112 Å². The smallest absolute Gasteiger partial charge is 0.254 e. The molecule has 150 valence electrons. The molecule has 0 N–H and O–H groups in total. The van der Waals surface area contributed by atoms with E-state index in [1.54, 1.807) is 41.4 Å². The van der Waals surface area contributed by atoms with Gasteiger partial charge in [-0.25, -0.2) is 9.97 Å². The summed E-state index contributed by atoms with van der Waals surface area (Å²) in [6.07, 6.45) is 2.24. The molecule has 4 heterocycles. The van der Waals surface area contributed by atoms with Crippen molar-refractivity contribution in [2.75, 3.05) is 26.3 Å². The number of hydrogen-bond donors (Lipinski definition) is 0. The monoisotopic (exact) mass is 404 g/mol. The number of rotatable bonds is 4. The molecule has 10 nitrogen and oxygen atoms in total. The van der Waals surface area contributed by atoms with Crippen molar-refractivity contribution in [3.8, 4) is 5.75 Å². The molecule has 5 rings (SSSR count). The molecule has 0 saturated carbocycles. The summed E-state index contributed by atoms with van der Waals surface area (Å²) in [4.78, 5) is 41.6. The van der Waals surface area contributed by atoms with Gasteiger partial charge in [-0.2, -0.15) is 0 Å². The van der Waals surface area contributed by atoms with Crippen LogP contribution in [-0.4, -0.2) is 68.5 Å². The van der Waals surface area contributed by atoms with Gasteiger partial charge >= 0.3 is 0 Å².